The van der Waals surface area contributed by atoms with Crippen molar-refractivity contribution in [1.82, 2.24) is 9.80 Å². The number of piperazine rings is 1. The second-order valence-electron chi connectivity index (χ2n) is 5.26. The first-order chi connectivity index (χ1) is 7.36. The van der Waals surface area contributed by atoms with Crippen LogP contribution >= 0.6 is 0 Å². The molecule has 1 saturated heterocycles. The Morgan fingerprint density at radius 3 is 2.50 bits per heavy atom. The average Bonchev–Trinajstić information content (AvgIpc) is 2.20. The molecule has 1 N–H and O–H groups in total. The fourth-order valence-electron chi connectivity index (χ4n) is 2.18. The van der Waals surface area contributed by atoms with E-state index in [1.165, 1.54) is 0 Å². The molecule has 1 heterocycles. The van der Waals surface area contributed by atoms with Crippen LogP contribution in [0.3, 0.4) is 0 Å². The second-order valence-corrected chi connectivity index (χ2v) is 5.26. The molecule has 1 aliphatic heterocycles. The lowest BCUT2D eigenvalue weighted by molar-refractivity contribution is -0.134. The van der Waals surface area contributed by atoms with E-state index in [9.17, 15) is 9.90 Å². The predicted molar refractivity (Wildman–Crippen MR) is 64.2 cm³/mol. The monoisotopic (exact) mass is 228 g/mol. The summed E-state index contributed by atoms with van der Waals surface area (Å²) in [6.45, 7) is 10.9. The molecule has 0 saturated carbocycles. The summed E-state index contributed by atoms with van der Waals surface area (Å²) in [6, 6.07) is 0. The topological polar surface area (TPSA) is 43.8 Å². The maximum absolute atomic E-state index is 11.3. The van der Waals surface area contributed by atoms with E-state index in [1.54, 1.807) is 6.92 Å². The van der Waals surface area contributed by atoms with Gasteiger partial charge in [0, 0.05) is 38.6 Å². The highest BCUT2D eigenvalue weighted by Crippen LogP contribution is 2.21. The van der Waals surface area contributed by atoms with Gasteiger partial charge in [0.05, 0.1) is 6.10 Å². The third-order valence-corrected chi connectivity index (χ3v) is 3.42. The Bertz CT molecular complexity index is 253. The van der Waals surface area contributed by atoms with Crippen LogP contribution in [0.15, 0.2) is 0 Å². The summed E-state index contributed by atoms with van der Waals surface area (Å²) in [5.41, 5.74) is -0.0416. The minimum Gasteiger partial charge on any atom is -0.392 e. The van der Waals surface area contributed by atoms with Gasteiger partial charge in [-0.15, -0.1) is 0 Å². The van der Waals surface area contributed by atoms with E-state index in [0.29, 0.717) is 6.54 Å². The molecule has 1 fully saturated rings. The van der Waals surface area contributed by atoms with Crippen molar-refractivity contribution in [3.8, 4) is 0 Å². The SMILES string of the molecule is CC[C@@H](O)CN1CCN(C(C)=O)CC1(C)C. The van der Waals surface area contributed by atoms with Gasteiger partial charge in [-0.2, -0.15) is 0 Å². The third-order valence-electron chi connectivity index (χ3n) is 3.42. The molecule has 94 valence electrons. The molecular formula is C12H24N2O2. The van der Waals surface area contributed by atoms with Gasteiger partial charge in [-0.05, 0) is 20.3 Å². The fraction of sp³-hybridized carbons (Fsp3) is 0.917. The molecule has 1 atom stereocenters. The summed E-state index contributed by atoms with van der Waals surface area (Å²) < 4.78 is 0. The highest BCUT2D eigenvalue weighted by Gasteiger charge is 2.35. The Kier molecular flexibility index (Phi) is 4.33. The number of aliphatic hydroxyl groups is 1. The predicted octanol–water partition coefficient (Wildman–Crippen LogP) is 0.700. The van der Waals surface area contributed by atoms with Crippen LogP contribution in [0.25, 0.3) is 0 Å². The van der Waals surface area contributed by atoms with Gasteiger partial charge >= 0.3 is 0 Å². The molecule has 0 unspecified atom stereocenters. The number of hydrogen-bond acceptors (Lipinski definition) is 3. The molecule has 0 bridgehead atoms. The normalized spacial score (nSPS) is 23.2. The largest absolute Gasteiger partial charge is 0.392 e. The Labute approximate surface area is 98.2 Å². The quantitative estimate of drug-likeness (QED) is 0.773. The first-order valence-corrected chi connectivity index (χ1v) is 6.05. The summed E-state index contributed by atoms with van der Waals surface area (Å²) in [5.74, 6) is 0.142. The van der Waals surface area contributed by atoms with Crippen molar-refractivity contribution >= 4 is 5.91 Å². The van der Waals surface area contributed by atoms with Crippen LogP contribution in [0.5, 0.6) is 0 Å². The van der Waals surface area contributed by atoms with Crippen LogP contribution in [0.4, 0.5) is 0 Å². The molecule has 0 aromatic heterocycles. The van der Waals surface area contributed by atoms with Gasteiger partial charge in [0.1, 0.15) is 0 Å². The highest BCUT2D eigenvalue weighted by atomic mass is 16.3. The summed E-state index contributed by atoms with van der Waals surface area (Å²) in [5, 5.41) is 9.70. The molecule has 0 aromatic carbocycles. The summed E-state index contributed by atoms with van der Waals surface area (Å²) >= 11 is 0. The molecule has 0 spiro atoms. The van der Waals surface area contributed by atoms with Crippen molar-refractivity contribution in [2.75, 3.05) is 26.2 Å². The van der Waals surface area contributed by atoms with Crippen LogP contribution in [0.1, 0.15) is 34.1 Å². The minimum absolute atomic E-state index is 0.0416. The van der Waals surface area contributed by atoms with Crippen molar-refractivity contribution in [2.24, 2.45) is 0 Å². The lowest BCUT2D eigenvalue weighted by Crippen LogP contribution is -2.61. The number of aliphatic hydroxyl groups excluding tert-OH is 1. The fourth-order valence-corrected chi connectivity index (χ4v) is 2.18. The van der Waals surface area contributed by atoms with Gasteiger partial charge in [-0.1, -0.05) is 6.92 Å². The van der Waals surface area contributed by atoms with Crippen LogP contribution < -0.4 is 0 Å². The summed E-state index contributed by atoms with van der Waals surface area (Å²) in [6.07, 6.45) is 0.520. The van der Waals surface area contributed by atoms with Gasteiger partial charge in [0.2, 0.25) is 5.91 Å². The molecule has 1 aliphatic rings. The van der Waals surface area contributed by atoms with Crippen LogP contribution in [-0.4, -0.2) is 58.6 Å². The van der Waals surface area contributed by atoms with E-state index in [1.807, 2.05) is 11.8 Å². The van der Waals surface area contributed by atoms with Crippen molar-refractivity contribution in [2.45, 2.75) is 45.8 Å². The Morgan fingerprint density at radius 1 is 1.44 bits per heavy atom. The van der Waals surface area contributed by atoms with Gasteiger partial charge in [0.25, 0.3) is 0 Å². The molecule has 0 aliphatic carbocycles. The standard InChI is InChI=1S/C12H24N2O2/c1-5-11(16)8-14-7-6-13(10(2)15)9-12(14,3)4/h11,16H,5-9H2,1-4H3/t11-/m1/s1. The molecule has 1 rings (SSSR count). The number of carbonyl (C=O) groups is 1. The maximum Gasteiger partial charge on any atom is 0.219 e. The van der Waals surface area contributed by atoms with Gasteiger partial charge in [-0.3, -0.25) is 9.69 Å². The van der Waals surface area contributed by atoms with E-state index in [2.05, 4.69) is 18.7 Å². The highest BCUT2D eigenvalue weighted by molar-refractivity contribution is 5.73. The number of hydrogen-bond donors (Lipinski definition) is 1. The number of β-amino-alcohol motifs (C(OH)–C–C–N with tert-alkyl or cyclic N) is 1. The van der Waals surface area contributed by atoms with E-state index in [-0.39, 0.29) is 17.6 Å². The van der Waals surface area contributed by atoms with Crippen LogP contribution in [-0.2, 0) is 4.79 Å². The molecule has 0 radical (unpaired) electrons. The zero-order chi connectivity index (χ0) is 12.3. The molecule has 0 aromatic rings. The van der Waals surface area contributed by atoms with Crippen molar-refractivity contribution in [3.63, 3.8) is 0 Å². The van der Waals surface area contributed by atoms with E-state index >= 15 is 0 Å². The van der Waals surface area contributed by atoms with Crippen molar-refractivity contribution in [1.29, 1.82) is 0 Å². The summed E-state index contributed by atoms with van der Waals surface area (Å²) in [7, 11) is 0. The van der Waals surface area contributed by atoms with E-state index in [4.69, 9.17) is 0 Å². The van der Waals surface area contributed by atoms with Crippen LogP contribution in [0.2, 0.25) is 0 Å². The Hall–Kier alpha value is -0.610. The lowest BCUT2D eigenvalue weighted by atomic mass is 9.98. The number of rotatable bonds is 3. The van der Waals surface area contributed by atoms with Crippen molar-refractivity contribution < 1.29 is 9.90 Å². The summed E-state index contributed by atoms with van der Waals surface area (Å²) in [4.78, 5) is 15.5. The molecule has 1 amide bonds. The maximum atomic E-state index is 11.3. The Balaban J connectivity index is 2.60. The van der Waals surface area contributed by atoms with E-state index < -0.39 is 0 Å². The first-order valence-electron chi connectivity index (χ1n) is 6.05. The zero-order valence-electron chi connectivity index (χ0n) is 10.9. The molecule has 16 heavy (non-hydrogen) atoms. The third kappa shape index (κ3) is 3.19. The zero-order valence-corrected chi connectivity index (χ0v) is 10.9. The van der Waals surface area contributed by atoms with E-state index in [0.717, 1.165) is 26.1 Å². The van der Waals surface area contributed by atoms with Crippen molar-refractivity contribution in [3.05, 3.63) is 0 Å². The first kappa shape index (κ1) is 13.5. The van der Waals surface area contributed by atoms with Gasteiger partial charge in [-0.25, -0.2) is 0 Å². The second kappa shape index (κ2) is 5.15. The number of nitrogens with zero attached hydrogens (tertiary/aromatic N) is 2. The molecular weight excluding hydrogens is 204 g/mol. The van der Waals surface area contributed by atoms with Gasteiger partial charge < -0.3 is 10.0 Å². The van der Waals surface area contributed by atoms with Crippen LogP contribution in [0, 0.1) is 0 Å². The lowest BCUT2D eigenvalue weighted by Gasteiger charge is -2.47. The number of amides is 1. The smallest absolute Gasteiger partial charge is 0.219 e. The number of carbonyl (C=O) groups excluding carboxylic acids is 1. The molecule has 4 heteroatoms. The average molecular weight is 228 g/mol. The Morgan fingerprint density at radius 2 is 2.06 bits per heavy atom. The molecule has 4 nitrogen and oxygen atoms in total. The van der Waals surface area contributed by atoms with Gasteiger partial charge in [0.15, 0.2) is 0 Å². The minimum atomic E-state index is -0.261.